The Kier molecular flexibility index (Phi) is 4.22. The molecule has 7 nitrogen and oxygen atoms in total. The maximum atomic E-state index is 14.6. The number of hydrogen-bond acceptors (Lipinski definition) is 5. The van der Waals surface area contributed by atoms with Gasteiger partial charge in [-0.25, -0.2) is 9.18 Å². The summed E-state index contributed by atoms with van der Waals surface area (Å²) in [5, 5.41) is 11.8. The number of halogens is 1. The number of rotatable bonds is 5. The Labute approximate surface area is 150 Å². The summed E-state index contributed by atoms with van der Waals surface area (Å²) in [4.78, 5) is 26.4. The van der Waals surface area contributed by atoms with Crippen molar-refractivity contribution < 1.29 is 23.8 Å². The molecule has 1 unspecified atom stereocenters. The lowest BCUT2D eigenvalue weighted by Crippen LogP contribution is -2.33. The van der Waals surface area contributed by atoms with E-state index in [1.54, 1.807) is 12.1 Å². The monoisotopic (exact) mass is 363 g/mol. The molecule has 4 rings (SSSR count). The Morgan fingerprint density at radius 1 is 1.35 bits per heavy atom. The molecule has 1 aliphatic carbocycles. The quantitative estimate of drug-likeness (QED) is 0.814. The number of nitrogens with zero attached hydrogens (tertiary/aromatic N) is 2. The van der Waals surface area contributed by atoms with Gasteiger partial charge in [-0.15, -0.1) is 0 Å². The molecule has 1 aromatic carbocycles. The van der Waals surface area contributed by atoms with Gasteiger partial charge in [-0.05, 0) is 36.0 Å². The summed E-state index contributed by atoms with van der Waals surface area (Å²) in [5.74, 6) is 0.724. The third-order valence-corrected chi connectivity index (χ3v) is 5.62. The number of benzene rings is 1. The van der Waals surface area contributed by atoms with Gasteiger partial charge >= 0.3 is 6.09 Å². The van der Waals surface area contributed by atoms with E-state index < -0.39 is 12.2 Å². The zero-order chi connectivity index (χ0) is 18.4. The number of ether oxygens (including phenoxy) is 1. The number of cyclic esters (lactones) is 1. The topological polar surface area (TPSA) is 82.1 Å². The van der Waals surface area contributed by atoms with Crippen molar-refractivity contribution in [3.8, 4) is 0 Å². The molecular weight excluding hydrogens is 341 g/mol. The maximum absolute atomic E-state index is 14.6. The number of fused-ring (bicyclic) bond motifs is 1. The average molecular weight is 363 g/mol. The molecule has 2 saturated heterocycles. The van der Waals surface area contributed by atoms with Gasteiger partial charge in [0, 0.05) is 26.6 Å². The van der Waals surface area contributed by atoms with E-state index in [2.05, 4.69) is 5.32 Å². The second-order valence-corrected chi connectivity index (χ2v) is 7.27. The second-order valence-electron chi connectivity index (χ2n) is 7.27. The first-order valence-electron chi connectivity index (χ1n) is 8.86. The van der Waals surface area contributed by atoms with Crippen LogP contribution in [0.1, 0.15) is 6.92 Å². The lowest BCUT2D eigenvalue weighted by molar-refractivity contribution is -0.119. The van der Waals surface area contributed by atoms with Crippen molar-refractivity contribution in [2.75, 3.05) is 42.6 Å². The lowest BCUT2D eigenvalue weighted by atomic mass is 10.2. The lowest BCUT2D eigenvalue weighted by Gasteiger charge is -2.23. The molecule has 0 bridgehead atoms. The van der Waals surface area contributed by atoms with Gasteiger partial charge in [0.05, 0.1) is 24.5 Å². The van der Waals surface area contributed by atoms with Crippen molar-refractivity contribution in [2.45, 2.75) is 13.0 Å². The largest absolute Gasteiger partial charge is 0.442 e. The van der Waals surface area contributed by atoms with Gasteiger partial charge in [0.2, 0.25) is 5.91 Å². The van der Waals surface area contributed by atoms with Crippen molar-refractivity contribution in [2.24, 2.45) is 17.8 Å². The summed E-state index contributed by atoms with van der Waals surface area (Å²) in [6.07, 6.45) is -0.990. The molecular formula is C18H22FN3O4. The third-order valence-electron chi connectivity index (χ3n) is 5.62. The molecule has 0 aromatic heterocycles. The van der Waals surface area contributed by atoms with Crippen LogP contribution in [0.3, 0.4) is 0 Å². The van der Waals surface area contributed by atoms with Crippen LogP contribution < -0.4 is 15.1 Å². The van der Waals surface area contributed by atoms with Gasteiger partial charge in [-0.1, -0.05) is 0 Å². The molecule has 2 aliphatic heterocycles. The van der Waals surface area contributed by atoms with Crippen LogP contribution in [0.4, 0.5) is 20.6 Å². The fourth-order valence-electron chi connectivity index (χ4n) is 4.13. The summed E-state index contributed by atoms with van der Waals surface area (Å²) >= 11 is 0. The van der Waals surface area contributed by atoms with Crippen molar-refractivity contribution in [1.29, 1.82) is 0 Å². The van der Waals surface area contributed by atoms with Crippen molar-refractivity contribution in [3.63, 3.8) is 0 Å². The molecule has 0 spiro atoms. The van der Waals surface area contributed by atoms with E-state index in [-0.39, 0.29) is 31.4 Å². The number of carbonyl (C=O) groups is 2. The number of nitrogens with one attached hydrogen (secondary N) is 1. The predicted octanol–water partition coefficient (Wildman–Crippen LogP) is 0.961. The molecule has 2 amide bonds. The number of aliphatic hydroxyl groups excluding tert-OH is 1. The first-order valence-corrected chi connectivity index (χ1v) is 8.86. The van der Waals surface area contributed by atoms with Crippen LogP contribution in [-0.2, 0) is 9.53 Å². The van der Waals surface area contributed by atoms with Crippen LogP contribution in [0.15, 0.2) is 18.2 Å². The van der Waals surface area contributed by atoms with Crippen LogP contribution in [0.5, 0.6) is 0 Å². The molecule has 4 atom stereocenters. The van der Waals surface area contributed by atoms with E-state index in [1.807, 2.05) is 4.90 Å². The molecule has 26 heavy (non-hydrogen) atoms. The van der Waals surface area contributed by atoms with E-state index >= 15 is 0 Å². The van der Waals surface area contributed by atoms with E-state index in [0.29, 0.717) is 29.1 Å². The highest BCUT2D eigenvalue weighted by Gasteiger charge is 2.55. The number of anilines is 2. The minimum atomic E-state index is -0.541. The highest BCUT2D eigenvalue weighted by atomic mass is 19.1. The average Bonchev–Trinajstić information content (AvgIpc) is 2.93. The molecule has 1 saturated carbocycles. The summed E-state index contributed by atoms with van der Waals surface area (Å²) in [5.41, 5.74) is 0.971. The van der Waals surface area contributed by atoms with E-state index in [0.717, 1.165) is 13.1 Å². The highest BCUT2D eigenvalue weighted by molar-refractivity contribution is 5.90. The Morgan fingerprint density at radius 3 is 2.69 bits per heavy atom. The predicted molar refractivity (Wildman–Crippen MR) is 92.5 cm³/mol. The van der Waals surface area contributed by atoms with Crippen molar-refractivity contribution in [1.82, 2.24) is 5.32 Å². The Balaban J connectivity index is 1.42. The van der Waals surface area contributed by atoms with E-state index in [1.165, 1.54) is 17.9 Å². The zero-order valence-corrected chi connectivity index (χ0v) is 14.5. The number of aliphatic hydroxyl groups is 1. The molecule has 140 valence electrons. The Hall–Kier alpha value is -2.35. The molecule has 8 heteroatoms. The molecule has 3 aliphatic rings. The third kappa shape index (κ3) is 2.98. The number of piperidine rings is 1. The summed E-state index contributed by atoms with van der Waals surface area (Å²) in [7, 11) is 0. The minimum Gasteiger partial charge on any atom is -0.442 e. The van der Waals surface area contributed by atoms with E-state index in [4.69, 9.17) is 4.74 Å². The van der Waals surface area contributed by atoms with Crippen LogP contribution >= 0.6 is 0 Å². The summed E-state index contributed by atoms with van der Waals surface area (Å²) in [6.45, 7) is 3.63. The van der Waals surface area contributed by atoms with Crippen LogP contribution in [0.25, 0.3) is 0 Å². The highest BCUT2D eigenvalue weighted by Crippen LogP contribution is 2.52. The van der Waals surface area contributed by atoms with Gasteiger partial charge in [0.1, 0.15) is 11.9 Å². The first-order chi connectivity index (χ1) is 12.5. The number of amides is 2. The van der Waals surface area contributed by atoms with Gasteiger partial charge in [0.25, 0.3) is 0 Å². The Bertz CT molecular complexity index is 731. The van der Waals surface area contributed by atoms with Crippen LogP contribution in [0.2, 0.25) is 0 Å². The molecule has 2 N–H and O–H groups in total. The molecule has 2 heterocycles. The van der Waals surface area contributed by atoms with Gasteiger partial charge in [-0.3, -0.25) is 9.69 Å². The summed E-state index contributed by atoms with van der Waals surface area (Å²) < 4.78 is 19.8. The fraction of sp³-hybridized carbons (Fsp3) is 0.556. The normalized spacial score (nSPS) is 29.6. The smallest absolute Gasteiger partial charge is 0.414 e. The minimum absolute atomic E-state index is 0.193. The first kappa shape index (κ1) is 17.1. The number of hydrogen-bond donors (Lipinski definition) is 2. The van der Waals surface area contributed by atoms with Gasteiger partial charge in [-0.2, -0.15) is 0 Å². The molecule has 0 radical (unpaired) electrons. The maximum Gasteiger partial charge on any atom is 0.414 e. The van der Waals surface area contributed by atoms with Gasteiger partial charge in [0.15, 0.2) is 0 Å². The van der Waals surface area contributed by atoms with Crippen LogP contribution in [-0.4, -0.2) is 56.0 Å². The zero-order valence-electron chi connectivity index (χ0n) is 14.5. The van der Waals surface area contributed by atoms with Crippen molar-refractivity contribution in [3.05, 3.63) is 24.0 Å². The fourth-order valence-corrected chi connectivity index (χ4v) is 4.13. The SMILES string of the molecule is CC(=O)NC[C@H]1CN(c2ccc(N3C[C@@H]4C(CO)[C@@H]4C3)c(F)c2)C(=O)O1. The Morgan fingerprint density at radius 2 is 2.08 bits per heavy atom. The second kappa shape index (κ2) is 6.42. The van der Waals surface area contributed by atoms with E-state index in [9.17, 15) is 19.1 Å². The summed E-state index contributed by atoms with van der Waals surface area (Å²) in [6, 6.07) is 4.76. The molecule has 3 fully saturated rings. The van der Waals surface area contributed by atoms with Crippen molar-refractivity contribution >= 4 is 23.4 Å². The standard InChI is InChI=1S/C18H22FN3O4/c1-10(24)20-5-12-6-22(18(25)26-12)11-2-3-17(16(19)4-11)21-7-13-14(8-21)15(13)9-23/h2-4,12-15,23H,5-9H2,1H3,(H,20,24)/t12-,13-,14+,15?/m0/s1. The number of carbonyl (C=O) groups excluding carboxylic acids is 2. The molecule has 1 aromatic rings. The van der Waals surface area contributed by atoms with Crippen LogP contribution in [0, 0.1) is 23.6 Å². The van der Waals surface area contributed by atoms with Gasteiger partial charge < -0.3 is 20.1 Å².